The molecule has 0 aliphatic heterocycles. The SMILES string of the molecule is O=C(Nc1cc(Oc2ccc(Cl)cc2Cl)cc([N+](=O)[O-])c1)c1cnn2c(C(F)F)cc(-c3ccccc3)nc12. The first-order chi connectivity index (χ1) is 18.7. The van der Waals surface area contributed by atoms with Crippen LogP contribution >= 0.6 is 23.2 Å². The van der Waals surface area contributed by atoms with Gasteiger partial charge in [-0.3, -0.25) is 14.9 Å². The van der Waals surface area contributed by atoms with Crippen molar-refractivity contribution < 1.29 is 23.2 Å². The zero-order valence-corrected chi connectivity index (χ0v) is 21.0. The number of nitrogens with one attached hydrogen (secondary N) is 1. The summed E-state index contributed by atoms with van der Waals surface area (Å²) in [6, 6.07) is 17.9. The Morgan fingerprint density at radius 2 is 1.82 bits per heavy atom. The van der Waals surface area contributed by atoms with Crippen LogP contribution in [-0.2, 0) is 0 Å². The van der Waals surface area contributed by atoms with Gasteiger partial charge in [-0.2, -0.15) is 5.10 Å². The number of fused-ring (bicyclic) bond motifs is 1. The second-order valence-electron chi connectivity index (χ2n) is 8.13. The number of carbonyl (C=O) groups is 1. The summed E-state index contributed by atoms with van der Waals surface area (Å²) in [7, 11) is 0. The van der Waals surface area contributed by atoms with E-state index < -0.39 is 22.9 Å². The molecule has 1 N–H and O–H groups in total. The average molecular weight is 570 g/mol. The molecule has 0 saturated carbocycles. The maximum Gasteiger partial charge on any atom is 0.280 e. The number of benzene rings is 3. The first-order valence-corrected chi connectivity index (χ1v) is 11.9. The minimum atomic E-state index is -2.90. The molecule has 0 saturated heterocycles. The van der Waals surface area contributed by atoms with Crippen molar-refractivity contribution in [3.8, 4) is 22.8 Å². The number of nitro groups is 1. The molecule has 2 aromatic heterocycles. The maximum absolute atomic E-state index is 13.9. The van der Waals surface area contributed by atoms with Crippen molar-refractivity contribution in [2.24, 2.45) is 0 Å². The van der Waals surface area contributed by atoms with Gasteiger partial charge >= 0.3 is 0 Å². The molecule has 0 atom stereocenters. The van der Waals surface area contributed by atoms with E-state index in [-0.39, 0.29) is 44.8 Å². The molecule has 0 fully saturated rings. The predicted molar refractivity (Wildman–Crippen MR) is 141 cm³/mol. The fourth-order valence-electron chi connectivity index (χ4n) is 3.76. The number of hydrogen-bond acceptors (Lipinski definition) is 6. The first kappa shape index (κ1) is 26.0. The van der Waals surface area contributed by atoms with Crippen LogP contribution in [0.4, 0.5) is 20.2 Å². The Bertz CT molecular complexity index is 1730. The highest BCUT2D eigenvalue weighted by atomic mass is 35.5. The van der Waals surface area contributed by atoms with Crippen LogP contribution in [0.3, 0.4) is 0 Å². The number of non-ortho nitro benzene ring substituents is 1. The van der Waals surface area contributed by atoms with Crippen LogP contribution in [0, 0.1) is 10.1 Å². The number of carbonyl (C=O) groups excluding carboxylic acids is 1. The summed E-state index contributed by atoms with van der Waals surface area (Å²) in [5, 5.41) is 18.5. The lowest BCUT2D eigenvalue weighted by atomic mass is 10.1. The Kier molecular flexibility index (Phi) is 7.09. The van der Waals surface area contributed by atoms with Gasteiger partial charge in [0.25, 0.3) is 18.0 Å². The number of anilines is 1. The topological polar surface area (TPSA) is 112 Å². The second kappa shape index (κ2) is 10.6. The van der Waals surface area contributed by atoms with Gasteiger partial charge in [-0.05, 0) is 24.3 Å². The van der Waals surface area contributed by atoms with Crippen LogP contribution in [0.2, 0.25) is 10.0 Å². The normalized spacial score (nSPS) is 11.1. The van der Waals surface area contributed by atoms with Gasteiger partial charge in [0.1, 0.15) is 22.8 Å². The Hall–Kier alpha value is -4.61. The van der Waals surface area contributed by atoms with Crippen molar-refractivity contribution >= 4 is 46.1 Å². The number of amides is 1. The fraction of sp³-hybridized carbons (Fsp3) is 0.0385. The van der Waals surface area contributed by atoms with Crippen molar-refractivity contribution in [1.82, 2.24) is 14.6 Å². The molecule has 0 aliphatic carbocycles. The molecule has 196 valence electrons. The van der Waals surface area contributed by atoms with Crippen LogP contribution in [0.1, 0.15) is 22.5 Å². The molecule has 5 rings (SSSR count). The van der Waals surface area contributed by atoms with E-state index in [9.17, 15) is 23.7 Å². The number of rotatable bonds is 7. The van der Waals surface area contributed by atoms with Crippen LogP contribution in [0.25, 0.3) is 16.9 Å². The smallest absolute Gasteiger partial charge is 0.280 e. The van der Waals surface area contributed by atoms with Crippen LogP contribution in [0.5, 0.6) is 11.5 Å². The monoisotopic (exact) mass is 569 g/mol. The van der Waals surface area contributed by atoms with Crippen LogP contribution < -0.4 is 10.1 Å². The van der Waals surface area contributed by atoms with E-state index in [0.29, 0.717) is 10.6 Å². The molecular formula is C26H15Cl2F2N5O4. The highest BCUT2D eigenvalue weighted by molar-refractivity contribution is 6.35. The number of nitro benzene ring substituents is 1. The van der Waals surface area contributed by atoms with Gasteiger partial charge in [0.2, 0.25) is 0 Å². The summed E-state index contributed by atoms with van der Waals surface area (Å²) in [6.45, 7) is 0. The summed E-state index contributed by atoms with van der Waals surface area (Å²) in [5.74, 6) is -0.592. The van der Waals surface area contributed by atoms with Crippen molar-refractivity contribution in [1.29, 1.82) is 0 Å². The third-order valence-electron chi connectivity index (χ3n) is 5.52. The molecule has 2 heterocycles. The average Bonchev–Trinajstić information content (AvgIpc) is 3.34. The Labute approximate surface area is 228 Å². The number of halogens is 4. The van der Waals surface area contributed by atoms with Crippen molar-refractivity contribution in [2.75, 3.05) is 5.32 Å². The lowest BCUT2D eigenvalue weighted by Crippen LogP contribution is -2.13. The second-order valence-corrected chi connectivity index (χ2v) is 8.97. The van der Waals surface area contributed by atoms with Gasteiger partial charge in [-0.25, -0.2) is 18.3 Å². The summed E-state index contributed by atoms with van der Waals surface area (Å²) in [6.07, 6.45) is -1.80. The summed E-state index contributed by atoms with van der Waals surface area (Å²) >= 11 is 12.0. The fourth-order valence-corrected chi connectivity index (χ4v) is 4.21. The molecule has 0 aliphatic rings. The Balaban J connectivity index is 1.52. The Morgan fingerprint density at radius 1 is 1.05 bits per heavy atom. The number of hydrogen-bond donors (Lipinski definition) is 1. The number of nitrogens with zero attached hydrogens (tertiary/aromatic N) is 4. The third-order valence-corrected chi connectivity index (χ3v) is 6.05. The summed E-state index contributed by atoms with van der Waals surface area (Å²) < 4.78 is 34.3. The van der Waals surface area contributed by atoms with Gasteiger partial charge in [0.05, 0.1) is 33.6 Å². The van der Waals surface area contributed by atoms with E-state index in [4.69, 9.17) is 27.9 Å². The van der Waals surface area contributed by atoms with Gasteiger partial charge < -0.3 is 10.1 Å². The van der Waals surface area contributed by atoms with Crippen molar-refractivity contribution in [3.63, 3.8) is 0 Å². The molecule has 1 amide bonds. The van der Waals surface area contributed by atoms with Gasteiger partial charge in [-0.15, -0.1) is 0 Å². The molecule has 0 radical (unpaired) electrons. The highest BCUT2D eigenvalue weighted by Gasteiger charge is 2.22. The number of ether oxygens (including phenoxy) is 1. The zero-order valence-electron chi connectivity index (χ0n) is 19.5. The molecule has 0 spiro atoms. The number of alkyl halides is 2. The largest absolute Gasteiger partial charge is 0.455 e. The quantitative estimate of drug-likeness (QED) is 0.159. The lowest BCUT2D eigenvalue weighted by molar-refractivity contribution is -0.384. The molecular weight excluding hydrogens is 555 g/mol. The van der Waals surface area contributed by atoms with Crippen LogP contribution in [-0.4, -0.2) is 25.4 Å². The van der Waals surface area contributed by atoms with Crippen molar-refractivity contribution in [2.45, 2.75) is 6.43 Å². The molecule has 13 heteroatoms. The van der Waals surface area contributed by atoms with E-state index in [1.807, 2.05) is 0 Å². The molecule has 5 aromatic rings. The van der Waals surface area contributed by atoms with Gasteiger partial charge in [0.15, 0.2) is 5.65 Å². The summed E-state index contributed by atoms with van der Waals surface area (Å²) in [5.41, 5.74) is -0.277. The molecule has 3 aromatic carbocycles. The molecule has 39 heavy (non-hydrogen) atoms. The zero-order chi connectivity index (χ0) is 27.7. The molecule has 0 bridgehead atoms. The number of aromatic nitrogens is 3. The predicted octanol–water partition coefficient (Wildman–Crippen LogP) is 7.59. The van der Waals surface area contributed by atoms with Gasteiger partial charge in [-0.1, -0.05) is 53.5 Å². The summed E-state index contributed by atoms with van der Waals surface area (Å²) in [4.78, 5) is 28.5. The molecule has 0 unspecified atom stereocenters. The van der Waals surface area contributed by atoms with E-state index in [1.54, 1.807) is 30.3 Å². The third kappa shape index (κ3) is 5.49. The van der Waals surface area contributed by atoms with Crippen LogP contribution in [0.15, 0.2) is 79.0 Å². The first-order valence-electron chi connectivity index (χ1n) is 11.2. The highest BCUT2D eigenvalue weighted by Crippen LogP contribution is 2.35. The Morgan fingerprint density at radius 3 is 2.51 bits per heavy atom. The van der Waals surface area contributed by atoms with E-state index in [1.165, 1.54) is 30.3 Å². The minimum absolute atomic E-state index is 0.00179. The molecule has 9 nitrogen and oxygen atoms in total. The van der Waals surface area contributed by atoms with E-state index in [2.05, 4.69) is 15.4 Å². The standard InChI is InChI=1S/C26H15Cl2F2N5O4/c27-15-6-7-23(20(28)8-15)39-18-10-16(9-17(11-18)35(37)38)32-26(36)19-13-31-34-22(24(29)30)12-21(33-25(19)34)14-4-2-1-3-5-14/h1-13,24H,(H,32,36). The van der Waals surface area contributed by atoms with E-state index >= 15 is 0 Å². The van der Waals surface area contributed by atoms with Crippen molar-refractivity contribution in [3.05, 3.63) is 110 Å². The van der Waals surface area contributed by atoms with E-state index in [0.717, 1.165) is 22.8 Å². The minimum Gasteiger partial charge on any atom is -0.455 e. The lowest BCUT2D eigenvalue weighted by Gasteiger charge is -2.11. The van der Waals surface area contributed by atoms with Gasteiger partial charge in [0, 0.05) is 22.7 Å². The maximum atomic E-state index is 13.9.